The highest BCUT2D eigenvalue weighted by atomic mass is 32.1. The molecule has 0 aliphatic carbocycles. The molecule has 0 rings (SSSR count). The van der Waals surface area contributed by atoms with Crippen LogP contribution in [0.1, 0.15) is 34.6 Å². The summed E-state index contributed by atoms with van der Waals surface area (Å²) in [7, 11) is 0. The minimum absolute atomic E-state index is 0.294. The topological polar surface area (TPSA) is 0 Å². The smallest absolute Gasteiger partial charge is 0.00933 e. The molecule has 1 heteroatoms. The van der Waals surface area contributed by atoms with E-state index in [1.165, 1.54) is 0 Å². The number of hydrogen-bond donors (Lipinski definition) is 0. The van der Waals surface area contributed by atoms with E-state index in [1.54, 1.807) is 0 Å². The quantitative estimate of drug-likeness (QED) is 0.531. The summed E-state index contributed by atoms with van der Waals surface area (Å²) in [5, 5.41) is 0. The van der Waals surface area contributed by atoms with E-state index in [9.17, 15) is 0 Å². The summed E-state index contributed by atoms with van der Waals surface area (Å²) < 4.78 is 0. The normalized spacial score (nSPS) is 14.0. The molecule has 0 aromatic heterocycles. The van der Waals surface area contributed by atoms with Crippen LogP contribution in [0.4, 0.5) is 0 Å². The molecule has 0 bridgehead atoms. The van der Waals surface area contributed by atoms with Crippen LogP contribution >= 0.6 is 12.6 Å². The molecule has 0 heterocycles. The van der Waals surface area contributed by atoms with Crippen molar-refractivity contribution < 1.29 is 0 Å². The maximum atomic E-state index is 5.04. The van der Waals surface area contributed by atoms with Gasteiger partial charge in [-0.2, -0.15) is 0 Å². The van der Waals surface area contributed by atoms with Gasteiger partial charge in [0.25, 0.3) is 0 Å². The van der Waals surface area contributed by atoms with Gasteiger partial charge in [-0.05, 0) is 10.8 Å². The largest absolute Gasteiger partial charge is 0.0936 e. The summed E-state index contributed by atoms with van der Waals surface area (Å²) in [5.74, 6) is 0.844. The minimum Gasteiger partial charge on any atom is -0.0936 e. The summed E-state index contributed by atoms with van der Waals surface area (Å²) in [6.45, 7) is 11.2. The second-order valence-electron chi connectivity index (χ2n) is 4.28. The molecule has 0 aliphatic heterocycles. The molecule has 55 valence electrons. The van der Waals surface area contributed by atoms with Crippen molar-refractivity contribution >= 4 is 12.6 Å². The predicted molar refractivity (Wildman–Crippen MR) is 45.7 cm³/mol. The van der Waals surface area contributed by atoms with E-state index in [1.807, 2.05) is 0 Å². The van der Waals surface area contributed by atoms with Crippen LogP contribution in [0.3, 0.4) is 0 Å². The monoisotopic (exact) mass is 145 g/mol. The highest BCUT2D eigenvalue weighted by Crippen LogP contribution is 2.38. The van der Waals surface area contributed by atoms with Gasteiger partial charge in [0.15, 0.2) is 0 Å². The average molecular weight is 145 g/mol. The van der Waals surface area contributed by atoms with Crippen molar-refractivity contribution in [2.24, 2.45) is 10.8 Å². The van der Waals surface area contributed by atoms with Crippen LogP contribution in [0.15, 0.2) is 0 Å². The molecule has 0 atom stereocenters. The summed E-state index contributed by atoms with van der Waals surface area (Å²) in [6.07, 6.45) is 0. The third-order valence-electron chi connectivity index (χ3n) is 2.39. The van der Waals surface area contributed by atoms with E-state index in [4.69, 9.17) is 12.6 Å². The molecule has 0 fully saturated rings. The molecule has 1 radical (unpaired) electrons. The third kappa shape index (κ3) is 2.21. The molecule has 0 aromatic rings. The Balaban J connectivity index is 4.14. The third-order valence-corrected chi connectivity index (χ3v) is 3.11. The van der Waals surface area contributed by atoms with Gasteiger partial charge in [-0.15, -0.1) is 0 Å². The molecule has 0 aromatic carbocycles. The predicted octanol–water partition coefficient (Wildman–Crippen LogP) is 3.26. The molecular weight excluding hydrogens is 128 g/mol. The average Bonchev–Trinajstić information content (AvgIpc) is 1.64. The molecule has 0 unspecified atom stereocenters. The van der Waals surface area contributed by atoms with Crippen LogP contribution in [0, 0.1) is 10.8 Å². The molecule has 0 saturated carbocycles. The Kier molecular flexibility index (Phi) is 2.63. The van der Waals surface area contributed by atoms with Crippen LogP contribution < -0.4 is 0 Å². The van der Waals surface area contributed by atoms with Gasteiger partial charge in [-0.1, -0.05) is 47.2 Å². The van der Waals surface area contributed by atoms with Crippen LogP contribution in [-0.2, 0) is 0 Å². The van der Waals surface area contributed by atoms with Crippen molar-refractivity contribution in [3.8, 4) is 0 Å². The standard InChI is InChI=1S/C8H17S/c1-7(2,3)8(4,5)6-9/h6H2,1-5H3. The minimum atomic E-state index is 0.294. The fraction of sp³-hybridized carbons (Fsp3) is 1.00. The molecule has 0 nitrogen and oxygen atoms in total. The molecule has 9 heavy (non-hydrogen) atoms. The second kappa shape index (κ2) is 2.53. The number of rotatable bonds is 1. The van der Waals surface area contributed by atoms with Gasteiger partial charge in [-0.25, -0.2) is 0 Å². The first kappa shape index (κ1) is 9.35. The van der Waals surface area contributed by atoms with E-state index in [0.29, 0.717) is 10.8 Å². The zero-order valence-electron chi connectivity index (χ0n) is 7.12. The van der Waals surface area contributed by atoms with Gasteiger partial charge in [0, 0.05) is 5.75 Å². The lowest BCUT2D eigenvalue weighted by Gasteiger charge is -2.37. The van der Waals surface area contributed by atoms with E-state index in [-0.39, 0.29) is 0 Å². The second-order valence-corrected chi connectivity index (χ2v) is 4.57. The fourth-order valence-corrected chi connectivity index (χ4v) is 0.650. The highest BCUT2D eigenvalue weighted by Gasteiger charge is 2.31. The Morgan fingerprint density at radius 3 is 1.33 bits per heavy atom. The molecule has 0 N–H and O–H groups in total. The summed E-state index contributed by atoms with van der Waals surface area (Å²) >= 11 is 5.04. The Morgan fingerprint density at radius 2 is 1.33 bits per heavy atom. The first-order valence-electron chi connectivity index (χ1n) is 3.39. The van der Waals surface area contributed by atoms with Crippen molar-refractivity contribution in [1.29, 1.82) is 0 Å². The fourth-order valence-electron chi connectivity index (χ4n) is 0.217. The lowest BCUT2D eigenvalue weighted by molar-refractivity contribution is 0.163. The SMILES string of the molecule is CC(C)(C)C(C)(C)C[S]. The van der Waals surface area contributed by atoms with Crippen LogP contribution in [0.5, 0.6) is 0 Å². The van der Waals surface area contributed by atoms with Gasteiger partial charge in [-0.3, -0.25) is 0 Å². The van der Waals surface area contributed by atoms with Crippen LogP contribution in [0.2, 0.25) is 0 Å². The Morgan fingerprint density at radius 1 is 1.00 bits per heavy atom. The molecule has 0 aliphatic rings. The van der Waals surface area contributed by atoms with Crippen LogP contribution in [0.25, 0.3) is 0 Å². The summed E-state index contributed by atoms with van der Waals surface area (Å²) in [4.78, 5) is 0. The maximum absolute atomic E-state index is 5.04. The summed E-state index contributed by atoms with van der Waals surface area (Å²) in [6, 6.07) is 0. The zero-order valence-corrected chi connectivity index (χ0v) is 7.93. The highest BCUT2D eigenvalue weighted by molar-refractivity contribution is 7.80. The van der Waals surface area contributed by atoms with Crippen molar-refractivity contribution in [3.05, 3.63) is 0 Å². The van der Waals surface area contributed by atoms with Gasteiger partial charge >= 0.3 is 0 Å². The van der Waals surface area contributed by atoms with Crippen LogP contribution in [-0.4, -0.2) is 5.75 Å². The summed E-state index contributed by atoms with van der Waals surface area (Å²) in [5.41, 5.74) is 0.636. The molecular formula is C8H17S. The van der Waals surface area contributed by atoms with Gasteiger partial charge in [0.2, 0.25) is 0 Å². The van der Waals surface area contributed by atoms with E-state index < -0.39 is 0 Å². The van der Waals surface area contributed by atoms with Crippen molar-refractivity contribution in [3.63, 3.8) is 0 Å². The van der Waals surface area contributed by atoms with Gasteiger partial charge in [0.05, 0.1) is 0 Å². The first-order valence-corrected chi connectivity index (χ1v) is 3.97. The van der Waals surface area contributed by atoms with Crippen molar-refractivity contribution in [2.75, 3.05) is 5.75 Å². The maximum Gasteiger partial charge on any atom is 0.00933 e. The Bertz CT molecular complexity index is 87.2. The van der Waals surface area contributed by atoms with Gasteiger partial charge < -0.3 is 0 Å². The van der Waals surface area contributed by atoms with E-state index in [0.717, 1.165) is 5.75 Å². The first-order chi connectivity index (χ1) is 3.81. The molecule has 0 saturated heterocycles. The lowest BCUT2D eigenvalue weighted by atomic mass is 9.71. The van der Waals surface area contributed by atoms with E-state index >= 15 is 0 Å². The molecule has 0 spiro atoms. The van der Waals surface area contributed by atoms with Gasteiger partial charge in [0.1, 0.15) is 0 Å². The number of hydrogen-bond acceptors (Lipinski definition) is 0. The van der Waals surface area contributed by atoms with Crippen molar-refractivity contribution in [1.82, 2.24) is 0 Å². The van der Waals surface area contributed by atoms with E-state index in [2.05, 4.69) is 34.6 Å². The zero-order chi connectivity index (χ0) is 7.71. The Labute approximate surface area is 64.4 Å². The Hall–Kier alpha value is 0.350. The molecule has 0 amide bonds. The lowest BCUT2D eigenvalue weighted by Crippen LogP contribution is -2.31. The van der Waals surface area contributed by atoms with Crippen molar-refractivity contribution in [2.45, 2.75) is 34.6 Å².